The third kappa shape index (κ3) is 34.4. The number of hydrogen-bond donors (Lipinski definition) is 1. The molecule has 0 aliphatic rings. The summed E-state index contributed by atoms with van der Waals surface area (Å²) < 4.78 is 26.4. The molecule has 41 heavy (non-hydrogen) atoms. The van der Waals surface area contributed by atoms with Crippen LogP contribution in [0, 0.1) is 0 Å². The standard InChI is InChI=1S/C32H60O9/c1-2-3-4-5-6-7-8-9-10-11-12-13-14-15-16-20-31(35)40-28-26-38-24-22-37-23-25-39-27-29-41-32(36)21-18-17-19-30(33)34/h2-29H2,1H3,(H,33,34). The molecule has 0 bridgehead atoms. The maximum Gasteiger partial charge on any atom is 0.305 e. The summed E-state index contributed by atoms with van der Waals surface area (Å²) in [5.41, 5.74) is 0. The predicted molar refractivity (Wildman–Crippen MR) is 160 cm³/mol. The Hall–Kier alpha value is -1.71. The van der Waals surface area contributed by atoms with Crippen molar-refractivity contribution in [1.82, 2.24) is 0 Å². The number of aliphatic carboxylic acids is 1. The van der Waals surface area contributed by atoms with Gasteiger partial charge in [0.05, 0.1) is 39.6 Å². The Labute approximate surface area is 249 Å². The maximum atomic E-state index is 11.8. The molecule has 0 fully saturated rings. The summed E-state index contributed by atoms with van der Waals surface area (Å²) in [7, 11) is 0. The number of ether oxygens (including phenoxy) is 5. The van der Waals surface area contributed by atoms with Crippen molar-refractivity contribution in [3.05, 3.63) is 0 Å². The second-order valence-corrected chi connectivity index (χ2v) is 10.6. The first-order chi connectivity index (χ1) is 20.1. The maximum absolute atomic E-state index is 11.8. The molecule has 0 aromatic rings. The minimum absolute atomic E-state index is 0.0640. The molecule has 0 unspecified atom stereocenters. The fraction of sp³-hybridized carbons (Fsp3) is 0.906. The number of carboxylic acids is 1. The van der Waals surface area contributed by atoms with E-state index in [1.807, 2.05) is 0 Å². The van der Waals surface area contributed by atoms with Crippen molar-refractivity contribution in [2.24, 2.45) is 0 Å². The monoisotopic (exact) mass is 588 g/mol. The molecule has 0 aromatic heterocycles. The Kier molecular flexibility index (Phi) is 31.4. The van der Waals surface area contributed by atoms with Crippen LogP contribution < -0.4 is 0 Å². The minimum atomic E-state index is -0.859. The van der Waals surface area contributed by atoms with Crippen LogP contribution in [0.5, 0.6) is 0 Å². The zero-order valence-corrected chi connectivity index (χ0v) is 26.0. The Morgan fingerprint density at radius 1 is 0.415 bits per heavy atom. The Balaban J connectivity index is 3.21. The first kappa shape index (κ1) is 39.3. The Morgan fingerprint density at radius 2 is 0.707 bits per heavy atom. The summed E-state index contributed by atoms with van der Waals surface area (Å²) in [6.45, 7) is 4.95. The molecule has 0 radical (unpaired) electrons. The molecule has 242 valence electrons. The van der Waals surface area contributed by atoms with Gasteiger partial charge >= 0.3 is 17.9 Å². The number of hydrogen-bond acceptors (Lipinski definition) is 8. The highest BCUT2D eigenvalue weighted by Gasteiger charge is 2.05. The van der Waals surface area contributed by atoms with Crippen LogP contribution in [0.15, 0.2) is 0 Å². The number of carbonyl (C=O) groups is 3. The number of esters is 2. The van der Waals surface area contributed by atoms with Gasteiger partial charge in [-0.25, -0.2) is 0 Å². The van der Waals surface area contributed by atoms with Crippen LogP contribution in [0.2, 0.25) is 0 Å². The van der Waals surface area contributed by atoms with Crippen LogP contribution in [0.4, 0.5) is 0 Å². The van der Waals surface area contributed by atoms with Crippen molar-refractivity contribution in [3.63, 3.8) is 0 Å². The van der Waals surface area contributed by atoms with E-state index in [2.05, 4.69) is 6.92 Å². The third-order valence-electron chi connectivity index (χ3n) is 6.73. The van der Waals surface area contributed by atoms with Gasteiger partial charge in [-0.05, 0) is 19.3 Å². The van der Waals surface area contributed by atoms with Crippen molar-refractivity contribution in [2.75, 3.05) is 52.9 Å². The van der Waals surface area contributed by atoms with Crippen LogP contribution in [-0.4, -0.2) is 75.9 Å². The highest BCUT2D eigenvalue weighted by atomic mass is 16.6. The average Bonchev–Trinajstić information content (AvgIpc) is 2.95. The number of carboxylic acid groups (broad SMARTS) is 1. The highest BCUT2D eigenvalue weighted by molar-refractivity contribution is 5.70. The van der Waals surface area contributed by atoms with Crippen molar-refractivity contribution in [1.29, 1.82) is 0 Å². The van der Waals surface area contributed by atoms with Crippen LogP contribution in [0.25, 0.3) is 0 Å². The fourth-order valence-electron chi connectivity index (χ4n) is 4.30. The summed E-state index contributed by atoms with van der Waals surface area (Å²) in [6, 6.07) is 0. The van der Waals surface area contributed by atoms with E-state index < -0.39 is 5.97 Å². The number of rotatable bonds is 33. The molecule has 0 amide bonds. The largest absolute Gasteiger partial charge is 0.481 e. The van der Waals surface area contributed by atoms with Gasteiger partial charge in [-0.15, -0.1) is 0 Å². The lowest BCUT2D eigenvalue weighted by Crippen LogP contribution is -2.15. The van der Waals surface area contributed by atoms with E-state index in [4.69, 9.17) is 28.8 Å². The van der Waals surface area contributed by atoms with Crippen LogP contribution in [-0.2, 0) is 38.1 Å². The van der Waals surface area contributed by atoms with Gasteiger partial charge in [0, 0.05) is 19.3 Å². The van der Waals surface area contributed by atoms with Gasteiger partial charge in [0.1, 0.15) is 13.2 Å². The van der Waals surface area contributed by atoms with E-state index in [9.17, 15) is 14.4 Å². The zero-order chi connectivity index (χ0) is 30.1. The summed E-state index contributed by atoms with van der Waals surface area (Å²) in [6.07, 6.45) is 21.3. The molecule has 1 N–H and O–H groups in total. The predicted octanol–water partition coefficient (Wildman–Crippen LogP) is 7.03. The van der Waals surface area contributed by atoms with Crippen molar-refractivity contribution in [3.8, 4) is 0 Å². The molecule has 0 saturated carbocycles. The molecule has 9 heteroatoms. The van der Waals surface area contributed by atoms with Gasteiger partial charge in [0.15, 0.2) is 0 Å². The lowest BCUT2D eigenvalue weighted by atomic mass is 10.0. The molecule has 0 aromatic carbocycles. The van der Waals surface area contributed by atoms with E-state index in [0.29, 0.717) is 52.3 Å². The molecular formula is C32H60O9. The lowest BCUT2D eigenvalue weighted by molar-refractivity contribution is -0.146. The molecule has 0 aliphatic heterocycles. The van der Waals surface area contributed by atoms with E-state index in [0.717, 1.165) is 12.8 Å². The number of unbranched alkanes of at least 4 members (excludes halogenated alkanes) is 15. The van der Waals surface area contributed by atoms with E-state index in [1.165, 1.54) is 83.5 Å². The second-order valence-electron chi connectivity index (χ2n) is 10.6. The summed E-state index contributed by atoms with van der Waals surface area (Å²) in [5.74, 6) is -1.36. The molecular weight excluding hydrogens is 528 g/mol. The summed E-state index contributed by atoms with van der Waals surface area (Å²) in [5, 5.41) is 8.54. The van der Waals surface area contributed by atoms with Gasteiger partial charge in [0.2, 0.25) is 0 Å². The van der Waals surface area contributed by atoms with Gasteiger partial charge in [-0.1, -0.05) is 96.8 Å². The Morgan fingerprint density at radius 3 is 1.07 bits per heavy atom. The third-order valence-corrected chi connectivity index (χ3v) is 6.73. The quantitative estimate of drug-likeness (QED) is 0.0637. The lowest BCUT2D eigenvalue weighted by Gasteiger charge is -2.08. The van der Waals surface area contributed by atoms with Crippen molar-refractivity contribution >= 4 is 17.9 Å². The highest BCUT2D eigenvalue weighted by Crippen LogP contribution is 2.13. The van der Waals surface area contributed by atoms with Crippen LogP contribution in [0.3, 0.4) is 0 Å². The first-order valence-electron chi connectivity index (χ1n) is 16.3. The summed E-state index contributed by atoms with van der Waals surface area (Å²) in [4.78, 5) is 33.7. The van der Waals surface area contributed by atoms with Crippen molar-refractivity contribution < 1.29 is 43.2 Å². The summed E-state index contributed by atoms with van der Waals surface area (Å²) >= 11 is 0. The zero-order valence-electron chi connectivity index (χ0n) is 26.0. The molecule has 0 spiro atoms. The number of carbonyl (C=O) groups excluding carboxylic acids is 2. The van der Waals surface area contributed by atoms with Crippen LogP contribution >= 0.6 is 0 Å². The molecule has 0 heterocycles. The Bertz CT molecular complexity index is 598. The SMILES string of the molecule is CCCCCCCCCCCCCCCCCC(=O)OCCOCCOCCOCCOC(=O)CCCCC(=O)O. The van der Waals surface area contributed by atoms with E-state index >= 15 is 0 Å². The molecule has 9 nitrogen and oxygen atoms in total. The normalized spacial score (nSPS) is 11.0. The smallest absolute Gasteiger partial charge is 0.305 e. The van der Waals surface area contributed by atoms with Gasteiger partial charge in [-0.3, -0.25) is 14.4 Å². The van der Waals surface area contributed by atoms with E-state index in [1.54, 1.807) is 0 Å². The molecule has 0 rings (SSSR count). The van der Waals surface area contributed by atoms with Gasteiger partial charge < -0.3 is 28.8 Å². The molecule has 0 atom stereocenters. The fourth-order valence-corrected chi connectivity index (χ4v) is 4.30. The van der Waals surface area contributed by atoms with Crippen molar-refractivity contribution in [2.45, 2.75) is 135 Å². The second kappa shape index (κ2) is 32.8. The molecule has 0 saturated heterocycles. The minimum Gasteiger partial charge on any atom is -0.481 e. The topological polar surface area (TPSA) is 118 Å². The van der Waals surface area contributed by atoms with Gasteiger partial charge in [0.25, 0.3) is 0 Å². The molecule has 0 aliphatic carbocycles. The van der Waals surface area contributed by atoms with Crippen LogP contribution in [0.1, 0.15) is 135 Å². The average molecular weight is 589 g/mol. The first-order valence-corrected chi connectivity index (χ1v) is 16.3. The van der Waals surface area contributed by atoms with E-state index in [-0.39, 0.29) is 44.6 Å². The van der Waals surface area contributed by atoms with Gasteiger partial charge in [-0.2, -0.15) is 0 Å².